The fraction of sp³-hybridized carbons (Fsp3) is 0.727. The molecule has 2 nitrogen and oxygen atoms in total. The van der Waals surface area contributed by atoms with E-state index in [2.05, 4.69) is 37.3 Å². The molecule has 86 valence electrons. The van der Waals surface area contributed by atoms with Crippen molar-refractivity contribution in [3.63, 3.8) is 0 Å². The molecule has 0 fully saturated rings. The maximum absolute atomic E-state index is 4.63. The van der Waals surface area contributed by atoms with Gasteiger partial charge in [-0.25, -0.2) is 4.98 Å². The molecule has 0 aliphatic carbocycles. The molecule has 1 aromatic rings. The maximum Gasteiger partial charge on any atom is 0.110 e. The molecule has 0 aliphatic rings. The number of nitrogens with zero attached hydrogens (tertiary/aromatic N) is 1. The van der Waals surface area contributed by atoms with Crippen molar-refractivity contribution in [2.45, 2.75) is 33.2 Å². The number of thiazole rings is 1. The van der Waals surface area contributed by atoms with Crippen LogP contribution in [0.25, 0.3) is 0 Å². The Morgan fingerprint density at radius 1 is 1.47 bits per heavy atom. The largest absolute Gasteiger partial charge is 0.308 e. The number of aryl methyl sites for hydroxylation is 2. The molecule has 4 heteroatoms. The molecule has 1 N–H and O–H groups in total. The van der Waals surface area contributed by atoms with Gasteiger partial charge in [0.05, 0.1) is 11.7 Å². The van der Waals surface area contributed by atoms with Crippen molar-refractivity contribution in [1.82, 2.24) is 10.3 Å². The minimum absolute atomic E-state index is 0.444. The first-order valence-corrected chi connectivity index (χ1v) is 7.56. The monoisotopic (exact) mass is 244 g/mol. The van der Waals surface area contributed by atoms with E-state index >= 15 is 0 Å². The summed E-state index contributed by atoms with van der Waals surface area (Å²) in [4.78, 5) is 5.97. The van der Waals surface area contributed by atoms with Crippen LogP contribution >= 0.6 is 23.1 Å². The smallest absolute Gasteiger partial charge is 0.110 e. The molecule has 0 aromatic carbocycles. The molecule has 0 radical (unpaired) electrons. The van der Waals surface area contributed by atoms with Crippen molar-refractivity contribution in [3.8, 4) is 0 Å². The first-order chi connectivity index (χ1) is 7.19. The topological polar surface area (TPSA) is 24.9 Å². The first-order valence-electron chi connectivity index (χ1n) is 5.35. The Morgan fingerprint density at radius 3 is 2.67 bits per heavy atom. The van der Waals surface area contributed by atoms with Crippen molar-refractivity contribution >= 4 is 23.1 Å². The summed E-state index contributed by atoms with van der Waals surface area (Å²) in [5, 5.41) is 4.76. The van der Waals surface area contributed by atoms with Crippen molar-refractivity contribution in [2.75, 3.05) is 18.6 Å². The SMILES string of the molecule is CCNC(CCSC)c1nc(C)c(C)s1. The minimum Gasteiger partial charge on any atom is -0.308 e. The molecule has 0 saturated carbocycles. The molecule has 15 heavy (non-hydrogen) atoms. The van der Waals surface area contributed by atoms with Gasteiger partial charge in [-0.05, 0) is 38.8 Å². The average molecular weight is 244 g/mol. The third kappa shape index (κ3) is 3.78. The van der Waals surface area contributed by atoms with Gasteiger partial charge in [0.1, 0.15) is 5.01 Å². The lowest BCUT2D eigenvalue weighted by atomic mass is 10.2. The Kier molecular flexibility index (Phi) is 5.64. The highest BCUT2D eigenvalue weighted by molar-refractivity contribution is 7.98. The summed E-state index contributed by atoms with van der Waals surface area (Å²) >= 11 is 3.73. The van der Waals surface area contributed by atoms with E-state index in [4.69, 9.17) is 0 Å². The van der Waals surface area contributed by atoms with Gasteiger partial charge < -0.3 is 5.32 Å². The molecule has 1 heterocycles. The highest BCUT2D eigenvalue weighted by Gasteiger charge is 2.14. The molecule has 0 aliphatic heterocycles. The van der Waals surface area contributed by atoms with Gasteiger partial charge >= 0.3 is 0 Å². The predicted octanol–water partition coefficient (Wildman–Crippen LogP) is 3.16. The third-order valence-electron chi connectivity index (χ3n) is 2.40. The van der Waals surface area contributed by atoms with Crippen LogP contribution in [0.4, 0.5) is 0 Å². The Labute approximate surface area is 101 Å². The molecule has 1 rings (SSSR count). The molecule has 0 bridgehead atoms. The highest BCUT2D eigenvalue weighted by atomic mass is 32.2. The van der Waals surface area contributed by atoms with Gasteiger partial charge in [0, 0.05) is 4.88 Å². The second kappa shape index (κ2) is 6.51. The number of hydrogen-bond donors (Lipinski definition) is 1. The lowest BCUT2D eigenvalue weighted by molar-refractivity contribution is 0.538. The van der Waals surface area contributed by atoms with Gasteiger partial charge in [-0.1, -0.05) is 6.92 Å². The van der Waals surface area contributed by atoms with E-state index in [0.717, 1.165) is 6.54 Å². The van der Waals surface area contributed by atoms with Crippen LogP contribution in [-0.2, 0) is 0 Å². The second-order valence-electron chi connectivity index (χ2n) is 3.59. The minimum atomic E-state index is 0.444. The Hall–Kier alpha value is -0.0600. The van der Waals surface area contributed by atoms with E-state index < -0.39 is 0 Å². The van der Waals surface area contributed by atoms with Crippen LogP contribution in [0.15, 0.2) is 0 Å². The van der Waals surface area contributed by atoms with Gasteiger partial charge in [-0.3, -0.25) is 0 Å². The van der Waals surface area contributed by atoms with E-state index in [0.29, 0.717) is 6.04 Å². The number of thioether (sulfide) groups is 1. The van der Waals surface area contributed by atoms with Crippen molar-refractivity contribution in [3.05, 3.63) is 15.6 Å². The summed E-state index contributed by atoms with van der Waals surface area (Å²) in [6.07, 6.45) is 3.32. The van der Waals surface area contributed by atoms with Gasteiger partial charge in [-0.15, -0.1) is 11.3 Å². The fourth-order valence-electron chi connectivity index (χ4n) is 1.44. The van der Waals surface area contributed by atoms with Crippen LogP contribution < -0.4 is 5.32 Å². The standard InChI is InChI=1S/C11H20N2S2/c1-5-12-10(6-7-14-4)11-13-8(2)9(3)15-11/h10,12H,5-7H2,1-4H3. The summed E-state index contributed by atoms with van der Waals surface area (Å²) in [6, 6.07) is 0.444. The Balaban J connectivity index is 2.69. The van der Waals surface area contributed by atoms with Gasteiger partial charge in [-0.2, -0.15) is 11.8 Å². The molecule has 0 amide bonds. The number of nitrogens with one attached hydrogen (secondary N) is 1. The zero-order chi connectivity index (χ0) is 11.3. The lowest BCUT2D eigenvalue weighted by Gasteiger charge is -2.14. The number of rotatable bonds is 6. The lowest BCUT2D eigenvalue weighted by Crippen LogP contribution is -2.21. The normalized spacial score (nSPS) is 13.1. The summed E-state index contributed by atoms with van der Waals surface area (Å²) in [6.45, 7) is 7.40. The van der Waals surface area contributed by atoms with E-state index in [1.165, 1.54) is 27.8 Å². The van der Waals surface area contributed by atoms with E-state index in [1.807, 2.05) is 23.1 Å². The summed E-state index contributed by atoms with van der Waals surface area (Å²) in [5.41, 5.74) is 1.18. The van der Waals surface area contributed by atoms with Gasteiger partial charge in [0.15, 0.2) is 0 Å². The van der Waals surface area contributed by atoms with Crippen LogP contribution in [0.2, 0.25) is 0 Å². The van der Waals surface area contributed by atoms with Crippen molar-refractivity contribution < 1.29 is 0 Å². The van der Waals surface area contributed by atoms with Gasteiger partial charge in [0.2, 0.25) is 0 Å². The van der Waals surface area contributed by atoms with E-state index in [1.54, 1.807) is 0 Å². The number of aromatic nitrogens is 1. The Bertz CT molecular complexity index is 277. The van der Waals surface area contributed by atoms with Crippen LogP contribution in [0.3, 0.4) is 0 Å². The molecule has 1 unspecified atom stereocenters. The predicted molar refractivity (Wildman–Crippen MR) is 71.0 cm³/mol. The second-order valence-corrected chi connectivity index (χ2v) is 5.81. The van der Waals surface area contributed by atoms with E-state index in [9.17, 15) is 0 Å². The molecule has 0 spiro atoms. The quantitative estimate of drug-likeness (QED) is 0.832. The van der Waals surface area contributed by atoms with Crippen LogP contribution in [0, 0.1) is 13.8 Å². The zero-order valence-corrected chi connectivity index (χ0v) is 11.6. The summed E-state index contributed by atoms with van der Waals surface area (Å²) in [5.74, 6) is 1.19. The van der Waals surface area contributed by atoms with Crippen molar-refractivity contribution in [1.29, 1.82) is 0 Å². The highest BCUT2D eigenvalue weighted by Crippen LogP contribution is 2.25. The maximum atomic E-state index is 4.63. The Morgan fingerprint density at radius 2 is 2.20 bits per heavy atom. The summed E-state index contributed by atoms with van der Waals surface area (Å²) in [7, 11) is 0. The van der Waals surface area contributed by atoms with Gasteiger partial charge in [0.25, 0.3) is 0 Å². The van der Waals surface area contributed by atoms with Crippen molar-refractivity contribution in [2.24, 2.45) is 0 Å². The molecule has 1 aromatic heterocycles. The van der Waals surface area contributed by atoms with Crippen LogP contribution in [-0.4, -0.2) is 23.5 Å². The van der Waals surface area contributed by atoms with E-state index in [-0.39, 0.29) is 0 Å². The van der Waals surface area contributed by atoms with Crippen LogP contribution in [0.5, 0.6) is 0 Å². The fourth-order valence-corrected chi connectivity index (χ4v) is 2.95. The summed E-state index contributed by atoms with van der Waals surface area (Å²) < 4.78 is 0. The molecule has 0 saturated heterocycles. The molecular weight excluding hydrogens is 224 g/mol. The zero-order valence-electron chi connectivity index (χ0n) is 9.96. The first kappa shape index (κ1) is 13.0. The molecular formula is C11H20N2S2. The average Bonchev–Trinajstić information content (AvgIpc) is 2.54. The van der Waals surface area contributed by atoms with Crippen LogP contribution in [0.1, 0.15) is 35.0 Å². The molecule has 1 atom stereocenters. The number of hydrogen-bond acceptors (Lipinski definition) is 4. The third-order valence-corrected chi connectivity index (χ3v) is 4.23.